The molecular formula is C15H36BrNO5P+. The van der Waals surface area contributed by atoms with Gasteiger partial charge in [0.25, 0.3) is 0 Å². The molecule has 0 saturated heterocycles. The topological polar surface area (TPSA) is 68.2 Å². The molecule has 0 aromatic carbocycles. The number of unbranched alkanes of at least 4 members (excludes halogenated alkanes) is 9. The highest BCUT2D eigenvalue weighted by Gasteiger charge is 2.07. The zero-order valence-corrected chi connectivity index (χ0v) is 17.8. The molecule has 0 aliphatic heterocycles. The molecule has 0 heterocycles. The van der Waals surface area contributed by atoms with Gasteiger partial charge in [-0.1, -0.05) is 58.3 Å². The van der Waals surface area contributed by atoms with E-state index in [1.807, 2.05) is 0 Å². The van der Waals surface area contributed by atoms with Gasteiger partial charge in [0.05, 0.1) is 26.7 Å². The van der Waals surface area contributed by atoms with Crippen molar-refractivity contribution in [3.8, 4) is 0 Å². The molecule has 1 atom stereocenters. The highest BCUT2D eigenvalue weighted by atomic mass is 79.9. The minimum atomic E-state index is -1.89. The molecule has 0 rings (SSSR count). The summed E-state index contributed by atoms with van der Waals surface area (Å²) in [5.74, 6) is 0. The van der Waals surface area contributed by atoms with Crippen molar-refractivity contribution in [2.75, 3.05) is 27.5 Å². The van der Waals surface area contributed by atoms with Gasteiger partial charge in [-0.3, -0.25) is 14.5 Å². The van der Waals surface area contributed by atoms with Gasteiger partial charge >= 0.3 is 8.03 Å². The van der Waals surface area contributed by atoms with Crippen LogP contribution >= 0.6 is 25.0 Å². The summed E-state index contributed by atoms with van der Waals surface area (Å²) in [6.45, 7) is 2.24. The first kappa shape index (κ1) is 28.2. The van der Waals surface area contributed by atoms with Crippen molar-refractivity contribution in [2.45, 2.75) is 71.1 Å². The number of hydrogen-bond acceptors (Lipinski definition) is 5. The van der Waals surface area contributed by atoms with Crippen molar-refractivity contribution in [3.63, 3.8) is 0 Å². The molecule has 0 radical (unpaired) electrons. The Morgan fingerprint density at radius 1 is 0.783 bits per heavy atom. The Labute approximate surface area is 153 Å². The lowest BCUT2D eigenvalue weighted by atomic mass is 10.1. The van der Waals surface area contributed by atoms with Crippen LogP contribution < -0.4 is 0 Å². The molecule has 142 valence electrons. The van der Waals surface area contributed by atoms with Crippen molar-refractivity contribution in [3.05, 3.63) is 0 Å². The summed E-state index contributed by atoms with van der Waals surface area (Å²) in [5, 5.41) is 0.875. The SMILES string of the molecule is Br.CCCCCCCCCCCC[P+](=O)O.CON(OC)OC. The van der Waals surface area contributed by atoms with Crippen molar-refractivity contribution < 1.29 is 24.0 Å². The van der Waals surface area contributed by atoms with Crippen LogP contribution in [0.2, 0.25) is 0 Å². The summed E-state index contributed by atoms with van der Waals surface area (Å²) < 4.78 is 10.4. The van der Waals surface area contributed by atoms with Crippen LogP contribution in [0.15, 0.2) is 0 Å². The minimum Gasteiger partial charge on any atom is -0.254 e. The summed E-state index contributed by atoms with van der Waals surface area (Å²) in [7, 11) is 2.43. The predicted molar refractivity (Wildman–Crippen MR) is 99.7 cm³/mol. The highest BCUT2D eigenvalue weighted by molar-refractivity contribution is 8.93. The van der Waals surface area contributed by atoms with Gasteiger partial charge in [0.2, 0.25) is 0 Å². The fourth-order valence-corrected chi connectivity index (χ4v) is 2.45. The third-order valence-corrected chi connectivity index (χ3v) is 3.85. The van der Waals surface area contributed by atoms with Crippen LogP contribution in [0.4, 0.5) is 0 Å². The molecule has 23 heavy (non-hydrogen) atoms. The maximum atomic E-state index is 10.4. The molecule has 1 unspecified atom stereocenters. The Bertz CT molecular complexity index is 228. The van der Waals surface area contributed by atoms with E-state index in [0.29, 0.717) is 6.16 Å². The lowest BCUT2D eigenvalue weighted by molar-refractivity contribution is -0.502. The zero-order valence-electron chi connectivity index (χ0n) is 15.2. The molecule has 6 nitrogen and oxygen atoms in total. The summed E-state index contributed by atoms with van der Waals surface area (Å²) >= 11 is 0. The van der Waals surface area contributed by atoms with Crippen LogP contribution in [0.1, 0.15) is 71.1 Å². The van der Waals surface area contributed by atoms with E-state index < -0.39 is 8.03 Å². The summed E-state index contributed by atoms with van der Waals surface area (Å²) in [6, 6.07) is 0. The van der Waals surface area contributed by atoms with E-state index in [4.69, 9.17) is 4.89 Å². The van der Waals surface area contributed by atoms with E-state index in [2.05, 4.69) is 21.4 Å². The second kappa shape index (κ2) is 24.6. The minimum absolute atomic E-state index is 0. The van der Waals surface area contributed by atoms with Crippen LogP contribution in [-0.2, 0) is 19.1 Å². The van der Waals surface area contributed by atoms with Crippen LogP contribution in [0, 0.1) is 0 Å². The fraction of sp³-hybridized carbons (Fsp3) is 1.00. The van der Waals surface area contributed by atoms with E-state index in [1.165, 1.54) is 72.7 Å². The van der Waals surface area contributed by atoms with Crippen LogP contribution in [0.25, 0.3) is 0 Å². The van der Waals surface area contributed by atoms with E-state index in [-0.39, 0.29) is 17.0 Å². The van der Waals surface area contributed by atoms with Crippen molar-refractivity contribution in [1.82, 2.24) is 5.39 Å². The van der Waals surface area contributed by atoms with E-state index in [0.717, 1.165) is 18.2 Å². The van der Waals surface area contributed by atoms with Crippen LogP contribution in [0.5, 0.6) is 0 Å². The number of halogens is 1. The second-order valence-electron chi connectivity index (χ2n) is 5.03. The first-order chi connectivity index (χ1) is 10.6. The van der Waals surface area contributed by atoms with Gasteiger partial charge in [-0.25, -0.2) is 0 Å². The highest BCUT2D eigenvalue weighted by Crippen LogP contribution is 2.17. The lowest BCUT2D eigenvalue weighted by Gasteiger charge is -2.10. The normalized spacial score (nSPS) is 10.8. The lowest BCUT2D eigenvalue weighted by Crippen LogP contribution is -2.18. The Morgan fingerprint density at radius 3 is 1.39 bits per heavy atom. The quantitative estimate of drug-likeness (QED) is 0.236. The van der Waals surface area contributed by atoms with Crippen LogP contribution in [-0.4, -0.2) is 37.8 Å². The monoisotopic (exact) mass is 420 g/mol. The van der Waals surface area contributed by atoms with Gasteiger partial charge in [0.1, 0.15) is 0 Å². The number of hydrogen-bond donors (Lipinski definition) is 1. The molecule has 0 bridgehead atoms. The zero-order chi connectivity index (χ0) is 17.1. The maximum Gasteiger partial charge on any atom is 0.505 e. The largest absolute Gasteiger partial charge is 0.505 e. The van der Waals surface area contributed by atoms with Gasteiger partial charge in [0, 0.05) is 0 Å². The van der Waals surface area contributed by atoms with Crippen molar-refractivity contribution in [2.24, 2.45) is 0 Å². The first-order valence-corrected chi connectivity index (χ1v) is 9.58. The molecule has 0 aromatic heterocycles. The molecular weight excluding hydrogens is 385 g/mol. The molecule has 0 aromatic rings. The standard InChI is InChI=1S/C12H25O2P.C3H9NO3.BrH/c1-2-3-4-5-6-7-8-9-10-11-12-15(13)14;1-5-4(6-2)7-3;/h2-12H2,1H3;1-3H3;1H/p+1. The van der Waals surface area contributed by atoms with Gasteiger partial charge in [0.15, 0.2) is 6.16 Å². The average molecular weight is 421 g/mol. The Hall–Kier alpha value is 0.380. The van der Waals surface area contributed by atoms with E-state index in [1.54, 1.807) is 0 Å². The third kappa shape index (κ3) is 27.5. The van der Waals surface area contributed by atoms with Gasteiger partial charge < -0.3 is 0 Å². The predicted octanol–water partition coefficient (Wildman–Crippen LogP) is 5.19. The Kier molecular flexibility index (Phi) is 30.2. The van der Waals surface area contributed by atoms with Gasteiger partial charge in [-0.2, -0.15) is 4.89 Å². The molecule has 0 saturated carbocycles. The molecule has 0 spiro atoms. The Balaban J connectivity index is -0.000000425. The molecule has 0 aliphatic carbocycles. The van der Waals surface area contributed by atoms with Gasteiger partial charge in [-0.05, 0) is 17.4 Å². The molecule has 8 heteroatoms. The number of rotatable bonds is 14. The summed E-state index contributed by atoms with van der Waals surface area (Å²) in [6.07, 6.45) is 13.2. The maximum absolute atomic E-state index is 10.4. The molecule has 0 fully saturated rings. The first-order valence-electron chi connectivity index (χ1n) is 8.18. The van der Waals surface area contributed by atoms with E-state index >= 15 is 0 Å². The Morgan fingerprint density at radius 2 is 1.13 bits per heavy atom. The van der Waals surface area contributed by atoms with Gasteiger partial charge in [-0.15, -0.1) is 17.0 Å². The van der Waals surface area contributed by atoms with Crippen molar-refractivity contribution in [1.29, 1.82) is 0 Å². The third-order valence-electron chi connectivity index (χ3n) is 3.15. The fourth-order valence-electron chi connectivity index (χ4n) is 1.96. The summed E-state index contributed by atoms with van der Waals surface area (Å²) in [4.78, 5) is 21.9. The number of nitrogens with zero attached hydrogens (tertiary/aromatic N) is 1. The molecule has 0 aliphatic rings. The average Bonchev–Trinajstić information content (AvgIpc) is 2.51. The summed E-state index contributed by atoms with van der Waals surface area (Å²) in [5.41, 5.74) is 0. The van der Waals surface area contributed by atoms with E-state index in [9.17, 15) is 4.57 Å². The second-order valence-corrected chi connectivity index (χ2v) is 6.18. The van der Waals surface area contributed by atoms with Crippen molar-refractivity contribution >= 4 is 25.0 Å². The van der Waals surface area contributed by atoms with Crippen LogP contribution in [0.3, 0.4) is 0 Å². The smallest absolute Gasteiger partial charge is 0.254 e. The molecule has 0 amide bonds. The molecule has 1 N–H and O–H groups in total.